The van der Waals surface area contributed by atoms with Crippen molar-refractivity contribution in [3.63, 3.8) is 0 Å². The molecule has 21 heavy (non-hydrogen) atoms. The van der Waals surface area contributed by atoms with E-state index in [0.717, 1.165) is 4.31 Å². The molecule has 6 nitrogen and oxygen atoms in total. The third-order valence-corrected chi connectivity index (χ3v) is 5.42. The van der Waals surface area contributed by atoms with Gasteiger partial charge < -0.3 is 9.84 Å². The summed E-state index contributed by atoms with van der Waals surface area (Å²) in [6.45, 7) is 2.20. The Balaban J connectivity index is 2.43. The predicted octanol–water partition coefficient (Wildman–Crippen LogP) is 1.68. The first kappa shape index (κ1) is 15.9. The molecule has 1 aliphatic heterocycles. The average Bonchev–Trinajstić information content (AvgIpc) is 2.92. The summed E-state index contributed by atoms with van der Waals surface area (Å²) in [6.07, 6.45) is 1.24. The van der Waals surface area contributed by atoms with Crippen molar-refractivity contribution in [2.75, 3.05) is 13.2 Å². The maximum Gasteiger partial charge on any atom is 0.352 e. The lowest BCUT2D eigenvalue weighted by Gasteiger charge is -2.33. The van der Waals surface area contributed by atoms with Gasteiger partial charge in [-0.2, -0.15) is 4.31 Å². The summed E-state index contributed by atoms with van der Waals surface area (Å²) < 4.78 is 31.8. The van der Waals surface area contributed by atoms with E-state index < -0.39 is 21.7 Å². The third kappa shape index (κ3) is 2.81. The van der Waals surface area contributed by atoms with Gasteiger partial charge in [-0.25, -0.2) is 13.2 Å². The standard InChI is InChI=1S/C14H19NO5S/c1-2-11-20-14(13(16)17)9-6-10-15(14)21(18,19)12-7-4-3-5-8-12/h3-5,7-8H,2,6,9-11H2,1H3,(H,16,17)/t14-/m1/s1. The Hall–Kier alpha value is -1.44. The average molecular weight is 313 g/mol. The highest BCUT2D eigenvalue weighted by Crippen LogP contribution is 2.36. The maximum atomic E-state index is 12.7. The summed E-state index contributed by atoms with van der Waals surface area (Å²) in [5, 5.41) is 9.54. The number of carboxylic acids is 1. The lowest BCUT2D eigenvalue weighted by molar-refractivity contribution is -0.179. The van der Waals surface area contributed by atoms with Gasteiger partial charge in [0.1, 0.15) is 0 Å². The molecule has 1 heterocycles. The van der Waals surface area contributed by atoms with Crippen molar-refractivity contribution in [2.24, 2.45) is 0 Å². The highest BCUT2D eigenvalue weighted by molar-refractivity contribution is 7.89. The number of hydrogen-bond donors (Lipinski definition) is 1. The van der Waals surface area contributed by atoms with Crippen LogP contribution in [0.25, 0.3) is 0 Å². The number of sulfonamides is 1. The van der Waals surface area contributed by atoms with Gasteiger partial charge >= 0.3 is 5.97 Å². The van der Waals surface area contributed by atoms with Gasteiger partial charge in [0.25, 0.3) is 0 Å². The van der Waals surface area contributed by atoms with Gasteiger partial charge in [0.2, 0.25) is 15.7 Å². The van der Waals surface area contributed by atoms with Gasteiger partial charge in [-0.1, -0.05) is 25.1 Å². The molecule has 1 fully saturated rings. The molecular weight excluding hydrogens is 294 g/mol. The van der Waals surface area contributed by atoms with E-state index in [1.165, 1.54) is 12.1 Å². The van der Waals surface area contributed by atoms with E-state index in [0.29, 0.717) is 12.8 Å². The molecule has 2 rings (SSSR count). The molecule has 1 atom stereocenters. The largest absolute Gasteiger partial charge is 0.478 e. The van der Waals surface area contributed by atoms with Crippen molar-refractivity contribution >= 4 is 16.0 Å². The Morgan fingerprint density at radius 3 is 2.62 bits per heavy atom. The van der Waals surface area contributed by atoms with Crippen LogP contribution in [-0.2, 0) is 19.6 Å². The molecule has 0 radical (unpaired) electrons. The maximum absolute atomic E-state index is 12.7. The van der Waals surface area contributed by atoms with Crippen molar-refractivity contribution in [2.45, 2.75) is 36.8 Å². The first-order valence-electron chi connectivity index (χ1n) is 6.90. The van der Waals surface area contributed by atoms with Gasteiger partial charge in [0.05, 0.1) is 4.90 Å². The SMILES string of the molecule is CCCO[C@@]1(C(=O)O)CCCN1S(=O)(=O)c1ccccc1. The van der Waals surface area contributed by atoms with Crippen LogP contribution in [0, 0.1) is 0 Å². The zero-order valence-electron chi connectivity index (χ0n) is 11.9. The number of rotatable bonds is 6. The molecule has 116 valence electrons. The monoisotopic (exact) mass is 313 g/mol. The van der Waals surface area contributed by atoms with Crippen molar-refractivity contribution in [1.82, 2.24) is 4.31 Å². The van der Waals surface area contributed by atoms with Crippen molar-refractivity contribution in [3.05, 3.63) is 30.3 Å². The predicted molar refractivity (Wildman–Crippen MR) is 76.2 cm³/mol. The van der Waals surface area contributed by atoms with Gasteiger partial charge in [-0.15, -0.1) is 0 Å². The summed E-state index contributed by atoms with van der Waals surface area (Å²) in [7, 11) is -3.89. The number of carbonyl (C=O) groups is 1. The van der Waals surface area contributed by atoms with E-state index >= 15 is 0 Å². The van der Waals surface area contributed by atoms with Crippen molar-refractivity contribution in [3.8, 4) is 0 Å². The van der Waals surface area contributed by atoms with Crippen LogP contribution in [0.3, 0.4) is 0 Å². The molecule has 0 bridgehead atoms. The van der Waals surface area contributed by atoms with Gasteiger partial charge in [0, 0.05) is 19.6 Å². The second-order valence-electron chi connectivity index (χ2n) is 4.93. The van der Waals surface area contributed by atoms with Crippen LogP contribution in [0.4, 0.5) is 0 Å². The Morgan fingerprint density at radius 1 is 1.38 bits per heavy atom. The van der Waals surface area contributed by atoms with Crippen LogP contribution < -0.4 is 0 Å². The van der Waals surface area contributed by atoms with E-state index in [4.69, 9.17) is 4.74 Å². The fraction of sp³-hybridized carbons (Fsp3) is 0.500. The van der Waals surface area contributed by atoms with E-state index in [1.807, 2.05) is 6.92 Å². The van der Waals surface area contributed by atoms with Crippen molar-refractivity contribution < 1.29 is 23.1 Å². The Kier molecular flexibility index (Phi) is 4.65. The normalized spacial score (nSPS) is 23.3. The molecule has 0 amide bonds. The minimum absolute atomic E-state index is 0.0811. The van der Waals surface area contributed by atoms with Crippen LogP contribution in [0.1, 0.15) is 26.2 Å². The van der Waals surface area contributed by atoms with Crippen molar-refractivity contribution in [1.29, 1.82) is 0 Å². The third-order valence-electron chi connectivity index (χ3n) is 3.49. The van der Waals surface area contributed by atoms with Gasteiger partial charge in [-0.05, 0) is 25.0 Å². The minimum Gasteiger partial charge on any atom is -0.478 e. The molecular formula is C14H19NO5S. The molecule has 1 N–H and O–H groups in total. The Morgan fingerprint density at radius 2 is 2.05 bits per heavy atom. The topological polar surface area (TPSA) is 83.9 Å². The fourth-order valence-electron chi connectivity index (χ4n) is 2.49. The lowest BCUT2D eigenvalue weighted by Crippen LogP contribution is -2.55. The number of aliphatic carboxylic acids is 1. The second-order valence-corrected chi connectivity index (χ2v) is 6.79. The lowest BCUT2D eigenvalue weighted by atomic mass is 10.1. The van der Waals surface area contributed by atoms with Crippen LogP contribution in [-0.4, -0.2) is 42.7 Å². The number of nitrogens with zero attached hydrogens (tertiary/aromatic N) is 1. The molecule has 1 aliphatic rings. The Bertz CT molecular complexity index is 601. The number of benzene rings is 1. The second kappa shape index (κ2) is 6.13. The van der Waals surface area contributed by atoms with Gasteiger partial charge in [0.15, 0.2) is 0 Å². The summed E-state index contributed by atoms with van der Waals surface area (Å²) >= 11 is 0. The summed E-state index contributed by atoms with van der Waals surface area (Å²) in [5.74, 6) is -1.26. The molecule has 0 aromatic heterocycles. The highest BCUT2D eigenvalue weighted by atomic mass is 32.2. The van der Waals surface area contributed by atoms with E-state index in [1.54, 1.807) is 18.2 Å². The van der Waals surface area contributed by atoms with E-state index in [9.17, 15) is 18.3 Å². The molecule has 1 aromatic carbocycles. The fourth-order valence-corrected chi connectivity index (χ4v) is 4.23. The first-order valence-corrected chi connectivity index (χ1v) is 8.34. The minimum atomic E-state index is -3.89. The molecule has 1 aromatic rings. The Labute approximate surface area is 124 Å². The molecule has 0 spiro atoms. The van der Waals surface area contributed by atoms with E-state index in [-0.39, 0.29) is 24.5 Å². The first-order chi connectivity index (χ1) is 9.95. The number of hydrogen-bond acceptors (Lipinski definition) is 4. The molecule has 0 unspecified atom stereocenters. The van der Waals surface area contributed by atoms with Crippen LogP contribution >= 0.6 is 0 Å². The number of carboxylic acid groups (broad SMARTS) is 1. The number of ether oxygens (including phenoxy) is 1. The summed E-state index contributed by atoms with van der Waals surface area (Å²) in [6, 6.07) is 7.85. The van der Waals surface area contributed by atoms with Crippen LogP contribution in [0.15, 0.2) is 35.2 Å². The smallest absolute Gasteiger partial charge is 0.352 e. The summed E-state index contributed by atoms with van der Waals surface area (Å²) in [5.41, 5.74) is -1.79. The van der Waals surface area contributed by atoms with Gasteiger partial charge in [-0.3, -0.25) is 0 Å². The molecule has 7 heteroatoms. The quantitative estimate of drug-likeness (QED) is 0.864. The molecule has 0 saturated carbocycles. The molecule has 1 saturated heterocycles. The highest BCUT2D eigenvalue weighted by Gasteiger charge is 2.54. The summed E-state index contributed by atoms with van der Waals surface area (Å²) in [4.78, 5) is 11.8. The van der Waals surface area contributed by atoms with E-state index in [2.05, 4.69) is 0 Å². The van der Waals surface area contributed by atoms with Crippen LogP contribution in [0.2, 0.25) is 0 Å². The van der Waals surface area contributed by atoms with Crippen LogP contribution in [0.5, 0.6) is 0 Å². The molecule has 0 aliphatic carbocycles. The zero-order valence-corrected chi connectivity index (χ0v) is 12.7. The zero-order chi connectivity index (χ0) is 15.5.